The first kappa shape index (κ1) is 20.1. The average molecular weight is 350 g/mol. The molecule has 1 rings (SSSR count). The van der Waals surface area contributed by atoms with Crippen LogP contribution >= 0.6 is 12.2 Å². The molecule has 1 aromatic rings. The minimum atomic E-state index is -0.538. The van der Waals surface area contributed by atoms with Crippen LogP contribution in [-0.4, -0.2) is 35.0 Å². The van der Waals surface area contributed by atoms with Gasteiger partial charge in [0, 0.05) is 18.5 Å². The standard InChI is InChI=1S/C18H26N2O3S/c1-5-23-15(21)11-12-20(13-14-9-7-6-8-10-14)17(24)19-16(22)18(2,3)4/h6-10H,5,11-13H2,1-4H3,(H,19,22,24). The maximum Gasteiger partial charge on any atom is 0.307 e. The van der Waals surface area contributed by atoms with E-state index in [2.05, 4.69) is 5.32 Å². The van der Waals surface area contributed by atoms with Gasteiger partial charge in [0.2, 0.25) is 5.91 Å². The van der Waals surface area contributed by atoms with Crippen molar-refractivity contribution in [2.45, 2.75) is 40.7 Å². The second kappa shape index (κ2) is 9.37. The number of carbonyl (C=O) groups excluding carboxylic acids is 2. The van der Waals surface area contributed by atoms with Crippen molar-refractivity contribution >= 4 is 29.2 Å². The zero-order valence-electron chi connectivity index (χ0n) is 14.8. The van der Waals surface area contributed by atoms with Crippen molar-refractivity contribution in [1.82, 2.24) is 10.2 Å². The molecule has 0 atom stereocenters. The number of rotatable bonds is 6. The quantitative estimate of drug-likeness (QED) is 0.631. The molecule has 132 valence electrons. The lowest BCUT2D eigenvalue weighted by Gasteiger charge is -2.27. The molecule has 1 aromatic carbocycles. The number of nitrogens with one attached hydrogen (secondary N) is 1. The lowest BCUT2D eigenvalue weighted by Crippen LogP contribution is -2.46. The molecule has 0 radical (unpaired) electrons. The Balaban J connectivity index is 2.77. The molecule has 0 unspecified atom stereocenters. The zero-order chi connectivity index (χ0) is 18.2. The summed E-state index contributed by atoms with van der Waals surface area (Å²) in [6.07, 6.45) is 0.214. The first-order valence-electron chi connectivity index (χ1n) is 8.04. The molecule has 0 bridgehead atoms. The van der Waals surface area contributed by atoms with Crippen LogP contribution in [0.3, 0.4) is 0 Å². The zero-order valence-corrected chi connectivity index (χ0v) is 15.6. The van der Waals surface area contributed by atoms with Gasteiger partial charge in [0.05, 0.1) is 13.0 Å². The lowest BCUT2D eigenvalue weighted by molar-refractivity contribution is -0.143. The molecule has 0 spiro atoms. The Bertz CT molecular complexity index is 567. The van der Waals surface area contributed by atoms with Crippen molar-refractivity contribution in [1.29, 1.82) is 0 Å². The summed E-state index contributed by atoms with van der Waals surface area (Å²) in [4.78, 5) is 25.6. The molecular formula is C18H26N2O3S. The van der Waals surface area contributed by atoms with E-state index in [1.54, 1.807) is 6.92 Å². The highest BCUT2D eigenvalue weighted by Gasteiger charge is 2.24. The highest BCUT2D eigenvalue weighted by atomic mass is 32.1. The van der Waals surface area contributed by atoms with E-state index < -0.39 is 5.41 Å². The third-order valence-electron chi connectivity index (χ3n) is 3.30. The predicted molar refractivity (Wildman–Crippen MR) is 98.3 cm³/mol. The Morgan fingerprint density at radius 1 is 1.21 bits per heavy atom. The number of thiocarbonyl (C=S) groups is 1. The molecule has 1 N–H and O–H groups in total. The Kier molecular flexibility index (Phi) is 7.85. The fraction of sp³-hybridized carbons (Fsp3) is 0.500. The number of benzene rings is 1. The monoisotopic (exact) mass is 350 g/mol. The van der Waals surface area contributed by atoms with Crippen LogP contribution < -0.4 is 5.32 Å². The number of ether oxygens (including phenoxy) is 1. The summed E-state index contributed by atoms with van der Waals surface area (Å²) < 4.78 is 4.96. The van der Waals surface area contributed by atoms with Gasteiger partial charge in [-0.15, -0.1) is 0 Å². The summed E-state index contributed by atoms with van der Waals surface area (Å²) in [6.45, 7) is 8.50. The van der Waals surface area contributed by atoms with E-state index in [0.717, 1.165) is 5.56 Å². The maximum absolute atomic E-state index is 12.2. The van der Waals surface area contributed by atoms with E-state index in [1.807, 2.05) is 56.0 Å². The van der Waals surface area contributed by atoms with Crippen molar-refractivity contribution in [3.8, 4) is 0 Å². The molecule has 5 nitrogen and oxygen atoms in total. The minimum Gasteiger partial charge on any atom is -0.466 e. The highest BCUT2D eigenvalue weighted by Crippen LogP contribution is 2.13. The van der Waals surface area contributed by atoms with Crippen molar-refractivity contribution < 1.29 is 14.3 Å². The molecule has 0 heterocycles. The second-order valence-electron chi connectivity index (χ2n) is 6.47. The molecule has 0 saturated carbocycles. The van der Waals surface area contributed by atoms with Crippen LogP contribution in [-0.2, 0) is 20.9 Å². The lowest BCUT2D eigenvalue weighted by atomic mass is 9.96. The van der Waals surface area contributed by atoms with E-state index >= 15 is 0 Å². The molecule has 0 aliphatic heterocycles. The molecule has 1 amide bonds. The van der Waals surface area contributed by atoms with Crippen LogP contribution in [0.15, 0.2) is 30.3 Å². The largest absolute Gasteiger partial charge is 0.466 e. The SMILES string of the molecule is CCOC(=O)CCN(Cc1ccccc1)C(=S)NC(=O)C(C)(C)C. The van der Waals surface area contributed by atoms with Crippen LogP contribution in [0.5, 0.6) is 0 Å². The minimum absolute atomic E-state index is 0.151. The van der Waals surface area contributed by atoms with E-state index in [4.69, 9.17) is 17.0 Å². The second-order valence-corrected chi connectivity index (χ2v) is 6.86. The van der Waals surface area contributed by atoms with Gasteiger partial charge in [-0.1, -0.05) is 51.1 Å². The smallest absolute Gasteiger partial charge is 0.307 e. The van der Waals surface area contributed by atoms with Crippen molar-refractivity contribution in [3.63, 3.8) is 0 Å². The number of carbonyl (C=O) groups is 2. The van der Waals surface area contributed by atoms with Gasteiger partial charge in [-0.3, -0.25) is 9.59 Å². The van der Waals surface area contributed by atoms with Gasteiger partial charge in [-0.2, -0.15) is 0 Å². The van der Waals surface area contributed by atoms with Crippen LogP contribution in [0, 0.1) is 5.41 Å². The van der Waals surface area contributed by atoms with Crippen molar-refractivity contribution in [2.24, 2.45) is 5.41 Å². The van der Waals surface area contributed by atoms with Crippen LogP contribution in [0.4, 0.5) is 0 Å². The number of hydrogen-bond acceptors (Lipinski definition) is 4. The summed E-state index contributed by atoms with van der Waals surface area (Å²) in [6, 6.07) is 9.77. The first-order valence-corrected chi connectivity index (χ1v) is 8.44. The van der Waals surface area contributed by atoms with E-state index in [0.29, 0.717) is 24.8 Å². The Morgan fingerprint density at radius 3 is 2.38 bits per heavy atom. The van der Waals surface area contributed by atoms with Gasteiger partial charge in [0.1, 0.15) is 0 Å². The highest BCUT2D eigenvalue weighted by molar-refractivity contribution is 7.80. The van der Waals surface area contributed by atoms with Gasteiger partial charge < -0.3 is 15.0 Å². The molecule has 0 fully saturated rings. The molecule has 0 aliphatic carbocycles. The van der Waals surface area contributed by atoms with Gasteiger partial charge in [-0.05, 0) is 24.7 Å². The molecular weight excluding hydrogens is 324 g/mol. The third-order valence-corrected chi connectivity index (χ3v) is 3.66. The topological polar surface area (TPSA) is 58.6 Å². The molecule has 0 aliphatic rings. The number of esters is 1. The van der Waals surface area contributed by atoms with Gasteiger partial charge in [0.25, 0.3) is 0 Å². The normalized spacial score (nSPS) is 10.8. The molecule has 0 saturated heterocycles. The first-order chi connectivity index (χ1) is 11.2. The Labute approximate surface area is 149 Å². The number of nitrogens with zero attached hydrogens (tertiary/aromatic N) is 1. The van der Waals surface area contributed by atoms with Crippen molar-refractivity contribution in [3.05, 3.63) is 35.9 Å². The fourth-order valence-corrected chi connectivity index (χ4v) is 2.13. The summed E-state index contributed by atoms with van der Waals surface area (Å²) in [5.74, 6) is -0.429. The Hall–Kier alpha value is -1.95. The summed E-state index contributed by atoms with van der Waals surface area (Å²) in [7, 11) is 0. The van der Waals surface area contributed by atoms with Gasteiger partial charge in [-0.25, -0.2) is 0 Å². The number of amides is 1. The van der Waals surface area contributed by atoms with Gasteiger partial charge in [0.15, 0.2) is 5.11 Å². The van der Waals surface area contributed by atoms with Crippen LogP contribution in [0.1, 0.15) is 39.7 Å². The van der Waals surface area contributed by atoms with Crippen LogP contribution in [0.2, 0.25) is 0 Å². The average Bonchev–Trinajstić information content (AvgIpc) is 2.51. The van der Waals surface area contributed by atoms with Gasteiger partial charge >= 0.3 is 5.97 Å². The van der Waals surface area contributed by atoms with Crippen molar-refractivity contribution in [2.75, 3.05) is 13.2 Å². The summed E-state index contributed by atoms with van der Waals surface area (Å²) in [5, 5.41) is 3.08. The maximum atomic E-state index is 12.2. The molecule has 6 heteroatoms. The molecule has 0 aromatic heterocycles. The Morgan fingerprint density at radius 2 is 1.83 bits per heavy atom. The van der Waals surface area contributed by atoms with E-state index in [1.165, 1.54) is 0 Å². The van der Waals surface area contributed by atoms with E-state index in [-0.39, 0.29) is 18.3 Å². The van der Waals surface area contributed by atoms with E-state index in [9.17, 15) is 9.59 Å². The summed E-state index contributed by atoms with van der Waals surface area (Å²) >= 11 is 5.38. The fourth-order valence-electron chi connectivity index (χ4n) is 1.88. The predicted octanol–water partition coefficient (Wildman–Crippen LogP) is 2.89. The molecule has 24 heavy (non-hydrogen) atoms. The third kappa shape index (κ3) is 7.08. The summed E-state index contributed by atoms with van der Waals surface area (Å²) in [5.41, 5.74) is 0.512. The van der Waals surface area contributed by atoms with Crippen LogP contribution in [0.25, 0.3) is 0 Å². The number of hydrogen-bond donors (Lipinski definition) is 1.